The summed E-state index contributed by atoms with van der Waals surface area (Å²) >= 11 is 0. The third-order valence-corrected chi connectivity index (χ3v) is 6.21. The molecule has 2 aromatic carbocycles. The molecule has 1 aliphatic rings. The molecule has 10 heteroatoms. The molecule has 0 bridgehead atoms. The van der Waals surface area contributed by atoms with Crippen LogP contribution in [0.1, 0.15) is 50.3 Å². The lowest BCUT2D eigenvalue weighted by molar-refractivity contribution is -0.137. The summed E-state index contributed by atoms with van der Waals surface area (Å²) in [6.07, 6.45) is -6.22. The summed E-state index contributed by atoms with van der Waals surface area (Å²) in [5, 5.41) is 24.1. The van der Waals surface area contributed by atoms with Crippen LogP contribution in [0.2, 0.25) is 0 Å². The van der Waals surface area contributed by atoms with Gasteiger partial charge in [-0.2, -0.15) is 13.2 Å². The highest BCUT2D eigenvalue weighted by Gasteiger charge is 2.46. The Morgan fingerprint density at radius 1 is 1.09 bits per heavy atom. The van der Waals surface area contributed by atoms with Crippen LogP contribution >= 0.6 is 0 Å². The first-order valence-corrected chi connectivity index (χ1v) is 11.2. The van der Waals surface area contributed by atoms with Crippen LogP contribution in [0.5, 0.6) is 0 Å². The number of alkyl halides is 3. The molecule has 2 atom stereocenters. The van der Waals surface area contributed by atoms with E-state index >= 15 is 0 Å². The van der Waals surface area contributed by atoms with Crippen LogP contribution in [0.15, 0.2) is 42.5 Å². The molecule has 0 aromatic heterocycles. The number of benzene rings is 2. The third kappa shape index (κ3) is 6.49. The van der Waals surface area contributed by atoms with Gasteiger partial charge in [0.1, 0.15) is 11.6 Å². The van der Waals surface area contributed by atoms with Crippen LogP contribution in [0, 0.1) is 11.6 Å². The summed E-state index contributed by atoms with van der Waals surface area (Å²) in [5.41, 5.74) is -1.91. The van der Waals surface area contributed by atoms with Crippen LogP contribution in [0.4, 0.5) is 26.7 Å². The van der Waals surface area contributed by atoms with Gasteiger partial charge >= 0.3 is 12.3 Å². The van der Waals surface area contributed by atoms with Crippen molar-refractivity contribution in [2.75, 3.05) is 6.54 Å². The quantitative estimate of drug-likeness (QED) is 0.430. The molecule has 0 aliphatic heterocycles. The second-order valence-electron chi connectivity index (χ2n) is 9.98. The maximum absolute atomic E-state index is 13.8. The molecule has 1 aliphatic carbocycles. The zero-order chi connectivity index (χ0) is 26.2. The molecule has 0 spiro atoms. The number of aliphatic hydroxyl groups excluding tert-OH is 1. The second-order valence-corrected chi connectivity index (χ2v) is 9.98. The molecule has 5 nitrogen and oxygen atoms in total. The highest BCUT2D eigenvalue weighted by Crippen LogP contribution is 2.46. The summed E-state index contributed by atoms with van der Waals surface area (Å²) in [7, 11) is 0. The lowest BCUT2D eigenvalue weighted by Gasteiger charge is -2.42. The molecule has 0 radical (unpaired) electrons. The molecule has 35 heavy (non-hydrogen) atoms. The number of nitrogens with zero attached hydrogens (tertiary/aromatic N) is 1. The van der Waals surface area contributed by atoms with Crippen molar-refractivity contribution in [2.24, 2.45) is 0 Å². The van der Waals surface area contributed by atoms with E-state index in [2.05, 4.69) is 5.32 Å². The lowest BCUT2D eigenvalue weighted by Crippen LogP contribution is -2.58. The fourth-order valence-electron chi connectivity index (χ4n) is 4.42. The Bertz CT molecular complexity index is 1040. The number of hydrogen-bond donors (Lipinski definition) is 3. The molecule has 0 heterocycles. The molecular weight excluding hydrogens is 471 g/mol. The van der Waals surface area contributed by atoms with E-state index in [0.29, 0.717) is 24.5 Å². The fraction of sp³-hybridized carbons (Fsp3) is 0.480. The number of halogens is 5. The zero-order valence-corrected chi connectivity index (χ0v) is 19.7. The summed E-state index contributed by atoms with van der Waals surface area (Å²) in [4.78, 5) is 13.2. The van der Waals surface area contributed by atoms with E-state index in [9.17, 15) is 37.0 Å². The van der Waals surface area contributed by atoms with Gasteiger partial charge in [-0.15, -0.1) is 0 Å². The van der Waals surface area contributed by atoms with E-state index in [1.54, 1.807) is 26.8 Å². The number of hydrogen-bond acceptors (Lipinski definition) is 3. The average molecular weight is 501 g/mol. The first-order chi connectivity index (χ1) is 16.1. The molecular formula is C25H29F5N2O3. The van der Waals surface area contributed by atoms with Crippen molar-refractivity contribution in [1.82, 2.24) is 10.2 Å². The van der Waals surface area contributed by atoms with Crippen LogP contribution in [-0.4, -0.2) is 45.4 Å². The van der Waals surface area contributed by atoms with Gasteiger partial charge in [0.2, 0.25) is 0 Å². The second kappa shape index (κ2) is 9.73. The van der Waals surface area contributed by atoms with Crippen molar-refractivity contribution in [1.29, 1.82) is 0 Å². The maximum Gasteiger partial charge on any atom is 0.416 e. The van der Waals surface area contributed by atoms with E-state index in [0.717, 1.165) is 29.2 Å². The summed E-state index contributed by atoms with van der Waals surface area (Å²) in [6.45, 7) is 4.75. The highest BCUT2D eigenvalue weighted by atomic mass is 19.4. The number of carbonyl (C=O) groups is 1. The zero-order valence-electron chi connectivity index (χ0n) is 19.7. The summed E-state index contributed by atoms with van der Waals surface area (Å²) in [6, 6.07) is 6.71. The Morgan fingerprint density at radius 3 is 2.17 bits per heavy atom. The average Bonchev–Trinajstić information content (AvgIpc) is 3.50. The minimum atomic E-state index is -4.49. The highest BCUT2D eigenvalue weighted by molar-refractivity contribution is 5.66. The van der Waals surface area contributed by atoms with Gasteiger partial charge in [0.25, 0.3) is 0 Å². The first kappa shape index (κ1) is 26.9. The molecule has 3 N–H and O–H groups in total. The number of carboxylic acid groups (broad SMARTS) is 1. The van der Waals surface area contributed by atoms with Crippen molar-refractivity contribution in [3.8, 4) is 0 Å². The predicted octanol–water partition coefficient (Wildman–Crippen LogP) is 5.31. The molecule has 1 saturated carbocycles. The topological polar surface area (TPSA) is 72.8 Å². The van der Waals surface area contributed by atoms with Gasteiger partial charge in [-0.05, 0) is 75.4 Å². The van der Waals surface area contributed by atoms with Crippen LogP contribution in [0.3, 0.4) is 0 Å². The summed E-state index contributed by atoms with van der Waals surface area (Å²) in [5.74, 6) is -1.66. The third-order valence-electron chi connectivity index (χ3n) is 6.21. The minimum Gasteiger partial charge on any atom is -0.465 e. The summed E-state index contributed by atoms with van der Waals surface area (Å²) < 4.78 is 67.0. The Kier molecular flexibility index (Phi) is 7.48. The van der Waals surface area contributed by atoms with Crippen LogP contribution in [0.25, 0.3) is 0 Å². The number of rotatable bonds is 8. The van der Waals surface area contributed by atoms with Crippen molar-refractivity contribution in [2.45, 2.75) is 69.4 Å². The number of aliphatic hydroxyl groups is 1. The van der Waals surface area contributed by atoms with Crippen molar-refractivity contribution in [3.63, 3.8) is 0 Å². The van der Waals surface area contributed by atoms with Gasteiger partial charge in [0.05, 0.1) is 17.7 Å². The maximum atomic E-state index is 13.8. The Labute approximate surface area is 200 Å². The van der Waals surface area contributed by atoms with Crippen LogP contribution < -0.4 is 5.32 Å². The monoisotopic (exact) mass is 500 g/mol. The smallest absolute Gasteiger partial charge is 0.416 e. The molecule has 192 valence electrons. The Balaban J connectivity index is 1.85. The van der Waals surface area contributed by atoms with Crippen molar-refractivity contribution in [3.05, 3.63) is 70.8 Å². The van der Waals surface area contributed by atoms with Gasteiger partial charge < -0.3 is 15.5 Å². The normalized spacial score (nSPS) is 17.1. The standard InChI is InChI=1S/C25H29F5N2O3/c1-23(2,3)32(22(34)35)20(11-15-9-18(26)13-19(27)10-15)21(33)14-31-24(7-8-24)16-5-4-6-17(12-16)25(28,29)30/h4-6,9-10,12-13,20-21,31,33H,7-8,11,14H2,1-3H3,(H,34,35)/t20-,21-/m0/s1. The fourth-order valence-corrected chi connectivity index (χ4v) is 4.42. The van der Waals surface area contributed by atoms with E-state index in [-0.39, 0.29) is 18.5 Å². The van der Waals surface area contributed by atoms with Crippen LogP contribution in [-0.2, 0) is 18.1 Å². The molecule has 1 fully saturated rings. The first-order valence-electron chi connectivity index (χ1n) is 11.2. The largest absolute Gasteiger partial charge is 0.465 e. The molecule has 0 saturated heterocycles. The van der Waals surface area contributed by atoms with Gasteiger partial charge in [-0.1, -0.05) is 12.1 Å². The molecule has 0 unspecified atom stereocenters. The Hall–Kier alpha value is -2.72. The predicted molar refractivity (Wildman–Crippen MR) is 120 cm³/mol. The van der Waals surface area contributed by atoms with Gasteiger partial charge in [-0.25, -0.2) is 13.6 Å². The number of amides is 1. The van der Waals surface area contributed by atoms with Crippen molar-refractivity contribution < 1.29 is 37.0 Å². The molecule has 2 aromatic rings. The van der Waals surface area contributed by atoms with E-state index < -0.39 is 52.7 Å². The van der Waals surface area contributed by atoms with E-state index in [1.165, 1.54) is 6.07 Å². The SMILES string of the molecule is CC(C)(C)N(C(=O)O)[C@@H](Cc1cc(F)cc(F)c1)[C@@H](O)CNC1(c2cccc(C(F)(F)F)c2)CC1. The van der Waals surface area contributed by atoms with Gasteiger partial charge in [0, 0.05) is 23.7 Å². The minimum absolute atomic E-state index is 0.140. The van der Waals surface area contributed by atoms with Crippen molar-refractivity contribution >= 4 is 6.09 Å². The van der Waals surface area contributed by atoms with Gasteiger partial charge in [0.15, 0.2) is 0 Å². The molecule has 3 rings (SSSR count). The van der Waals surface area contributed by atoms with E-state index in [1.807, 2.05) is 0 Å². The molecule has 1 amide bonds. The van der Waals surface area contributed by atoms with E-state index in [4.69, 9.17) is 0 Å². The lowest BCUT2D eigenvalue weighted by atomic mass is 9.94. The Morgan fingerprint density at radius 2 is 1.69 bits per heavy atom. The van der Waals surface area contributed by atoms with Gasteiger partial charge in [-0.3, -0.25) is 4.90 Å². The number of nitrogens with one attached hydrogen (secondary N) is 1.